The average molecular weight is 225 g/mol. The van der Waals surface area contributed by atoms with E-state index >= 15 is 0 Å². The molecule has 0 spiro atoms. The molecule has 6 heteroatoms. The smallest absolute Gasteiger partial charge is 0.236 e. The minimum Gasteiger partial charge on any atom is -0.394 e. The van der Waals surface area contributed by atoms with E-state index in [0.717, 1.165) is 11.5 Å². The monoisotopic (exact) mass is 225 g/mol. The van der Waals surface area contributed by atoms with Gasteiger partial charge in [0.15, 0.2) is 5.82 Å². The molecule has 16 heavy (non-hydrogen) atoms. The molecule has 1 aromatic rings. The van der Waals surface area contributed by atoms with Gasteiger partial charge in [-0.05, 0) is 20.8 Å². The van der Waals surface area contributed by atoms with E-state index in [1.165, 1.54) is 0 Å². The van der Waals surface area contributed by atoms with Gasteiger partial charge in [-0.1, -0.05) is 0 Å². The predicted octanol–water partition coefficient (Wildman–Crippen LogP) is 0.276. The predicted molar refractivity (Wildman–Crippen MR) is 64.2 cm³/mol. The van der Waals surface area contributed by atoms with Crippen LogP contribution in [0.4, 0.5) is 11.5 Å². The molecule has 0 aromatic carbocycles. The molecule has 0 atom stereocenters. The SMILES string of the molecule is Cc1nn(C(C)C)c(N(C)CC(N)=O)c1N. The molecule has 1 heterocycles. The molecule has 0 aliphatic rings. The Balaban J connectivity index is 3.14. The molecule has 0 aliphatic heterocycles. The van der Waals surface area contributed by atoms with E-state index in [1.54, 1.807) is 16.6 Å². The minimum absolute atomic E-state index is 0.127. The van der Waals surface area contributed by atoms with Crippen LogP contribution in [0.5, 0.6) is 0 Å². The quantitative estimate of drug-likeness (QED) is 0.770. The van der Waals surface area contributed by atoms with Gasteiger partial charge in [0.2, 0.25) is 5.91 Å². The van der Waals surface area contributed by atoms with Crippen molar-refractivity contribution in [1.29, 1.82) is 0 Å². The van der Waals surface area contributed by atoms with E-state index in [0.29, 0.717) is 5.69 Å². The van der Waals surface area contributed by atoms with Crippen LogP contribution in [0.15, 0.2) is 0 Å². The van der Waals surface area contributed by atoms with Gasteiger partial charge in [-0.2, -0.15) is 5.10 Å². The number of primary amides is 1. The number of carbonyl (C=O) groups is 1. The average Bonchev–Trinajstić information content (AvgIpc) is 2.42. The molecule has 0 saturated heterocycles. The second-order valence-electron chi connectivity index (χ2n) is 4.18. The first-order valence-electron chi connectivity index (χ1n) is 5.18. The van der Waals surface area contributed by atoms with Gasteiger partial charge >= 0.3 is 0 Å². The maximum atomic E-state index is 10.9. The van der Waals surface area contributed by atoms with Gasteiger partial charge in [-0.15, -0.1) is 0 Å². The van der Waals surface area contributed by atoms with Crippen molar-refractivity contribution in [2.24, 2.45) is 5.73 Å². The summed E-state index contributed by atoms with van der Waals surface area (Å²) in [6.45, 7) is 5.98. The van der Waals surface area contributed by atoms with Gasteiger partial charge in [-0.25, -0.2) is 4.68 Å². The largest absolute Gasteiger partial charge is 0.394 e. The van der Waals surface area contributed by atoms with Crippen molar-refractivity contribution >= 4 is 17.4 Å². The van der Waals surface area contributed by atoms with E-state index < -0.39 is 5.91 Å². The number of likely N-dealkylation sites (N-methyl/N-ethyl adjacent to an activating group) is 1. The number of amides is 1. The van der Waals surface area contributed by atoms with Crippen molar-refractivity contribution < 1.29 is 4.79 Å². The number of nitrogens with two attached hydrogens (primary N) is 2. The zero-order valence-electron chi connectivity index (χ0n) is 10.2. The van der Waals surface area contributed by atoms with Gasteiger partial charge in [0.1, 0.15) is 0 Å². The topological polar surface area (TPSA) is 90.2 Å². The normalized spacial score (nSPS) is 10.8. The molecular formula is C10H19N5O. The van der Waals surface area contributed by atoms with Gasteiger partial charge in [0.25, 0.3) is 0 Å². The Morgan fingerprint density at radius 3 is 2.56 bits per heavy atom. The van der Waals surface area contributed by atoms with Crippen LogP contribution in [-0.2, 0) is 4.79 Å². The summed E-state index contributed by atoms with van der Waals surface area (Å²) >= 11 is 0. The highest BCUT2D eigenvalue weighted by Crippen LogP contribution is 2.28. The number of aryl methyl sites for hydroxylation is 1. The number of hydrogen-bond acceptors (Lipinski definition) is 4. The van der Waals surface area contributed by atoms with Crippen molar-refractivity contribution in [3.05, 3.63) is 5.69 Å². The first-order chi connectivity index (χ1) is 7.34. The number of nitrogen functional groups attached to an aromatic ring is 1. The Morgan fingerprint density at radius 1 is 1.56 bits per heavy atom. The van der Waals surface area contributed by atoms with Gasteiger partial charge in [0.05, 0.1) is 17.9 Å². The second-order valence-corrected chi connectivity index (χ2v) is 4.18. The first-order valence-corrected chi connectivity index (χ1v) is 5.18. The molecule has 90 valence electrons. The van der Waals surface area contributed by atoms with E-state index in [4.69, 9.17) is 11.5 Å². The summed E-state index contributed by atoms with van der Waals surface area (Å²) in [4.78, 5) is 12.6. The van der Waals surface area contributed by atoms with Crippen LogP contribution in [0.3, 0.4) is 0 Å². The molecule has 1 amide bonds. The van der Waals surface area contributed by atoms with Crippen LogP contribution in [0.25, 0.3) is 0 Å². The summed E-state index contributed by atoms with van der Waals surface area (Å²) in [6, 6.07) is 0.182. The zero-order valence-corrected chi connectivity index (χ0v) is 10.2. The van der Waals surface area contributed by atoms with Gasteiger partial charge in [0, 0.05) is 13.1 Å². The van der Waals surface area contributed by atoms with Crippen molar-refractivity contribution in [2.45, 2.75) is 26.8 Å². The number of hydrogen-bond donors (Lipinski definition) is 2. The van der Waals surface area contributed by atoms with Crippen molar-refractivity contribution in [2.75, 3.05) is 24.2 Å². The highest BCUT2D eigenvalue weighted by Gasteiger charge is 2.18. The molecule has 0 fully saturated rings. The summed E-state index contributed by atoms with van der Waals surface area (Å²) < 4.78 is 1.80. The molecule has 0 saturated carbocycles. The third kappa shape index (κ3) is 2.26. The Morgan fingerprint density at radius 2 is 2.12 bits per heavy atom. The van der Waals surface area contributed by atoms with Crippen LogP contribution in [0.1, 0.15) is 25.6 Å². The fraction of sp³-hybridized carbons (Fsp3) is 0.600. The summed E-state index contributed by atoms with van der Waals surface area (Å²) in [6.07, 6.45) is 0. The van der Waals surface area contributed by atoms with Crippen LogP contribution >= 0.6 is 0 Å². The van der Waals surface area contributed by atoms with E-state index in [1.807, 2.05) is 20.8 Å². The Labute approximate surface area is 95.2 Å². The van der Waals surface area contributed by atoms with E-state index in [2.05, 4.69) is 5.10 Å². The van der Waals surface area contributed by atoms with E-state index in [-0.39, 0.29) is 12.6 Å². The highest BCUT2D eigenvalue weighted by molar-refractivity contribution is 5.81. The number of nitrogens with zero attached hydrogens (tertiary/aromatic N) is 3. The zero-order chi connectivity index (χ0) is 12.5. The Bertz CT molecular complexity index is 396. The fourth-order valence-corrected chi connectivity index (χ4v) is 1.60. The molecule has 0 bridgehead atoms. The maximum absolute atomic E-state index is 10.9. The number of aromatic nitrogens is 2. The highest BCUT2D eigenvalue weighted by atomic mass is 16.1. The van der Waals surface area contributed by atoms with Gasteiger partial charge < -0.3 is 16.4 Å². The van der Waals surface area contributed by atoms with Crippen LogP contribution in [-0.4, -0.2) is 29.3 Å². The second kappa shape index (κ2) is 4.42. The minimum atomic E-state index is -0.393. The third-order valence-corrected chi connectivity index (χ3v) is 2.35. The third-order valence-electron chi connectivity index (χ3n) is 2.35. The van der Waals surface area contributed by atoms with Gasteiger partial charge in [-0.3, -0.25) is 4.79 Å². The maximum Gasteiger partial charge on any atom is 0.236 e. The van der Waals surface area contributed by atoms with Crippen LogP contribution in [0, 0.1) is 6.92 Å². The molecule has 0 unspecified atom stereocenters. The summed E-state index contributed by atoms with van der Waals surface area (Å²) in [5, 5.41) is 4.34. The van der Waals surface area contributed by atoms with Crippen molar-refractivity contribution in [3.63, 3.8) is 0 Å². The van der Waals surface area contributed by atoms with Crippen LogP contribution in [0.2, 0.25) is 0 Å². The lowest BCUT2D eigenvalue weighted by Gasteiger charge is -2.21. The molecule has 0 radical (unpaired) electrons. The number of rotatable bonds is 4. The lowest BCUT2D eigenvalue weighted by molar-refractivity contribution is -0.116. The number of anilines is 2. The molecule has 1 aromatic heterocycles. The lowest BCUT2D eigenvalue weighted by Crippen LogP contribution is -2.32. The molecule has 0 aliphatic carbocycles. The summed E-state index contributed by atoms with van der Waals surface area (Å²) in [5.41, 5.74) is 12.5. The van der Waals surface area contributed by atoms with Crippen molar-refractivity contribution in [1.82, 2.24) is 9.78 Å². The molecule has 6 nitrogen and oxygen atoms in total. The first kappa shape index (κ1) is 12.4. The molecule has 4 N–H and O–H groups in total. The van der Waals surface area contributed by atoms with E-state index in [9.17, 15) is 4.79 Å². The molecular weight excluding hydrogens is 206 g/mol. The Hall–Kier alpha value is -1.72. The summed E-state index contributed by atoms with van der Waals surface area (Å²) in [7, 11) is 1.77. The lowest BCUT2D eigenvalue weighted by atomic mass is 10.3. The van der Waals surface area contributed by atoms with Crippen LogP contribution < -0.4 is 16.4 Å². The standard InChI is InChI=1S/C10H19N5O/c1-6(2)15-10(9(12)7(3)13-15)14(4)5-8(11)16/h6H,5,12H2,1-4H3,(H2,11,16). The molecule has 1 rings (SSSR count). The summed E-state index contributed by atoms with van der Waals surface area (Å²) in [5.74, 6) is 0.349. The fourth-order valence-electron chi connectivity index (χ4n) is 1.60. The Kier molecular flexibility index (Phi) is 3.41. The van der Waals surface area contributed by atoms with Crippen molar-refractivity contribution in [3.8, 4) is 0 Å². The number of carbonyl (C=O) groups excluding carboxylic acids is 1.